The van der Waals surface area contributed by atoms with Gasteiger partial charge in [0.15, 0.2) is 6.61 Å². The molecule has 1 aliphatic rings. The van der Waals surface area contributed by atoms with Gasteiger partial charge in [0.05, 0.1) is 18.1 Å². The summed E-state index contributed by atoms with van der Waals surface area (Å²) in [6, 6.07) is 11.5. The van der Waals surface area contributed by atoms with E-state index in [4.69, 9.17) is 21.1 Å². The summed E-state index contributed by atoms with van der Waals surface area (Å²) in [4.78, 5) is 50.4. The fraction of sp³-hybridized carbons (Fsp3) is 0.333. The molecule has 0 radical (unpaired) electrons. The number of carbonyl (C=O) groups excluding carboxylic acids is 4. The lowest BCUT2D eigenvalue weighted by Crippen LogP contribution is -2.28. The minimum absolute atomic E-state index is 0.0197. The average molecular weight is 473 g/mol. The fourth-order valence-electron chi connectivity index (χ4n) is 3.34. The first-order valence-corrected chi connectivity index (χ1v) is 11.0. The summed E-state index contributed by atoms with van der Waals surface area (Å²) in [5, 5.41) is 3.13. The van der Waals surface area contributed by atoms with Crippen LogP contribution >= 0.6 is 11.6 Å². The molecule has 9 heteroatoms. The Morgan fingerprint density at radius 2 is 1.85 bits per heavy atom. The number of aryl methyl sites for hydroxylation is 1. The summed E-state index contributed by atoms with van der Waals surface area (Å²) in [5.74, 6) is -2.47. The highest BCUT2D eigenvalue weighted by atomic mass is 35.5. The number of amides is 2. The lowest BCUT2D eigenvalue weighted by Gasteiger charge is -2.17. The number of benzene rings is 2. The molecule has 1 N–H and O–H groups in total. The first-order valence-electron chi connectivity index (χ1n) is 10.6. The van der Waals surface area contributed by atoms with Crippen LogP contribution in [0.1, 0.15) is 35.7 Å². The van der Waals surface area contributed by atoms with Crippen molar-refractivity contribution in [2.45, 2.75) is 26.7 Å². The molecule has 3 rings (SSSR count). The van der Waals surface area contributed by atoms with E-state index in [0.717, 1.165) is 12.0 Å². The molecule has 8 nitrogen and oxygen atoms in total. The van der Waals surface area contributed by atoms with Gasteiger partial charge in [0.1, 0.15) is 0 Å². The number of hydrogen-bond donors (Lipinski definition) is 1. The summed E-state index contributed by atoms with van der Waals surface area (Å²) in [6.07, 6.45) is 0.708. The molecule has 0 spiro atoms. The van der Waals surface area contributed by atoms with Crippen molar-refractivity contribution in [3.05, 3.63) is 58.6 Å². The van der Waals surface area contributed by atoms with Gasteiger partial charge in [-0.2, -0.15) is 0 Å². The van der Waals surface area contributed by atoms with E-state index in [2.05, 4.69) is 5.32 Å². The van der Waals surface area contributed by atoms with Crippen molar-refractivity contribution >= 4 is 46.7 Å². The largest absolute Gasteiger partial charge is 0.462 e. The minimum atomic E-state index is -0.688. The van der Waals surface area contributed by atoms with Crippen LogP contribution < -0.4 is 10.2 Å². The van der Waals surface area contributed by atoms with E-state index in [0.29, 0.717) is 28.6 Å². The number of nitrogens with one attached hydrogen (secondary N) is 1. The third-order valence-corrected chi connectivity index (χ3v) is 5.36. The lowest BCUT2D eigenvalue weighted by atomic mass is 10.1. The van der Waals surface area contributed by atoms with Crippen LogP contribution in [0.25, 0.3) is 0 Å². The maximum Gasteiger partial charge on any atom is 0.338 e. The first-order chi connectivity index (χ1) is 15.8. The number of hydrogen-bond acceptors (Lipinski definition) is 6. The van der Waals surface area contributed by atoms with E-state index < -0.39 is 30.4 Å². The molecule has 1 atom stereocenters. The number of anilines is 2. The van der Waals surface area contributed by atoms with E-state index in [1.807, 2.05) is 13.8 Å². The molecular formula is C24H25ClN2O6. The Bertz CT molecular complexity index is 1050. The Kier molecular flexibility index (Phi) is 8.06. The van der Waals surface area contributed by atoms with E-state index in [9.17, 15) is 19.2 Å². The van der Waals surface area contributed by atoms with E-state index in [-0.39, 0.29) is 18.9 Å². The molecule has 1 saturated heterocycles. The summed E-state index contributed by atoms with van der Waals surface area (Å²) in [5.41, 5.74) is 2.31. The zero-order valence-corrected chi connectivity index (χ0v) is 19.2. The van der Waals surface area contributed by atoms with Crippen molar-refractivity contribution < 1.29 is 28.7 Å². The van der Waals surface area contributed by atoms with Crippen LogP contribution in [0.3, 0.4) is 0 Å². The Hall–Kier alpha value is -3.39. The van der Waals surface area contributed by atoms with Crippen molar-refractivity contribution in [1.29, 1.82) is 0 Å². The lowest BCUT2D eigenvalue weighted by molar-refractivity contribution is -0.151. The number of halogens is 1. The molecule has 0 saturated carbocycles. The Morgan fingerprint density at radius 3 is 2.55 bits per heavy atom. The average Bonchev–Trinajstić information content (AvgIpc) is 3.20. The zero-order valence-electron chi connectivity index (χ0n) is 18.4. The van der Waals surface area contributed by atoms with Crippen LogP contribution in [0, 0.1) is 12.8 Å². The quantitative estimate of drug-likeness (QED) is 0.587. The summed E-state index contributed by atoms with van der Waals surface area (Å²) >= 11 is 5.94. The third-order valence-electron chi connectivity index (χ3n) is 5.13. The first kappa shape index (κ1) is 24.3. The van der Waals surface area contributed by atoms with Crippen molar-refractivity contribution in [2.75, 3.05) is 30.0 Å². The molecule has 174 valence electrons. The fourth-order valence-corrected chi connectivity index (χ4v) is 3.51. The van der Waals surface area contributed by atoms with E-state index in [1.165, 1.54) is 4.90 Å². The number of esters is 2. The van der Waals surface area contributed by atoms with Crippen LogP contribution in [-0.2, 0) is 23.9 Å². The van der Waals surface area contributed by atoms with Crippen LogP contribution in [0.4, 0.5) is 11.4 Å². The maximum atomic E-state index is 12.4. The van der Waals surface area contributed by atoms with Crippen molar-refractivity contribution in [1.82, 2.24) is 0 Å². The van der Waals surface area contributed by atoms with Crippen LogP contribution in [0.15, 0.2) is 42.5 Å². The van der Waals surface area contributed by atoms with Crippen molar-refractivity contribution in [3.63, 3.8) is 0 Å². The summed E-state index contributed by atoms with van der Waals surface area (Å²) in [7, 11) is 0. The van der Waals surface area contributed by atoms with Crippen molar-refractivity contribution in [3.8, 4) is 0 Å². The smallest absolute Gasteiger partial charge is 0.338 e. The number of ether oxygens (including phenoxy) is 2. The van der Waals surface area contributed by atoms with Crippen LogP contribution in [0.5, 0.6) is 0 Å². The number of carbonyl (C=O) groups is 4. The van der Waals surface area contributed by atoms with Gasteiger partial charge in [0.25, 0.3) is 5.91 Å². The Labute approximate surface area is 196 Å². The highest BCUT2D eigenvalue weighted by molar-refractivity contribution is 6.31. The second-order valence-electron chi connectivity index (χ2n) is 7.70. The van der Waals surface area contributed by atoms with Gasteiger partial charge in [0, 0.05) is 29.4 Å². The molecule has 0 unspecified atom stereocenters. The normalized spacial score (nSPS) is 15.3. The zero-order chi connectivity index (χ0) is 24.0. The molecule has 1 aliphatic heterocycles. The van der Waals surface area contributed by atoms with Gasteiger partial charge in [-0.05, 0) is 55.3 Å². The van der Waals surface area contributed by atoms with Crippen LogP contribution in [0.2, 0.25) is 5.02 Å². The predicted molar refractivity (Wildman–Crippen MR) is 123 cm³/mol. The van der Waals surface area contributed by atoms with Gasteiger partial charge in [-0.1, -0.05) is 24.6 Å². The van der Waals surface area contributed by atoms with Crippen LogP contribution in [-0.4, -0.2) is 43.5 Å². The molecule has 2 aromatic carbocycles. The van der Waals surface area contributed by atoms with E-state index in [1.54, 1.807) is 42.5 Å². The maximum absolute atomic E-state index is 12.4. The molecule has 1 fully saturated rings. The molecule has 33 heavy (non-hydrogen) atoms. The van der Waals surface area contributed by atoms with Gasteiger partial charge >= 0.3 is 11.9 Å². The Morgan fingerprint density at radius 1 is 1.12 bits per heavy atom. The second kappa shape index (κ2) is 11.0. The predicted octanol–water partition coefficient (Wildman–Crippen LogP) is 3.75. The molecule has 2 amide bonds. The second-order valence-corrected chi connectivity index (χ2v) is 8.14. The van der Waals surface area contributed by atoms with Gasteiger partial charge in [0.2, 0.25) is 5.91 Å². The molecule has 0 aliphatic carbocycles. The Balaban J connectivity index is 1.53. The molecular weight excluding hydrogens is 448 g/mol. The molecule has 0 aromatic heterocycles. The number of rotatable bonds is 8. The highest BCUT2D eigenvalue weighted by Gasteiger charge is 2.36. The highest BCUT2D eigenvalue weighted by Crippen LogP contribution is 2.26. The summed E-state index contributed by atoms with van der Waals surface area (Å²) < 4.78 is 10.2. The van der Waals surface area contributed by atoms with Gasteiger partial charge in [-0.3, -0.25) is 14.4 Å². The molecule has 0 bridgehead atoms. The number of nitrogens with zero attached hydrogens (tertiary/aromatic N) is 1. The standard InChI is InChI=1S/C24H25ClN2O6/c1-3-10-32-23(30)16-5-8-19(9-6-16)27-13-17(11-22(27)29)24(31)33-14-21(28)26-20-12-18(25)7-4-15(20)2/h4-9,12,17H,3,10-11,13-14H2,1-2H3,(H,26,28)/t17-/m0/s1. The topological polar surface area (TPSA) is 102 Å². The monoisotopic (exact) mass is 472 g/mol. The molecule has 2 aromatic rings. The van der Waals surface area contributed by atoms with E-state index >= 15 is 0 Å². The van der Waals surface area contributed by atoms with Gasteiger partial charge in [-0.15, -0.1) is 0 Å². The summed E-state index contributed by atoms with van der Waals surface area (Å²) in [6.45, 7) is 3.73. The van der Waals surface area contributed by atoms with Crippen molar-refractivity contribution in [2.24, 2.45) is 5.92 Å². The van der Waals surface area contributed by atoms with Gasteiger partial charge in [-0.25, -0.2) is 4.79 Å². The minimum Gasteiger partial charge on any atom is -0.462 e. The van der Waals surface area contributed by atoms with Gasteiger partial charge < -0.3 is 19.7 Å². The third kappa shape index (κ3) is 6.32. The SMILES string of the molecule is CCCOC(=O)c1ccc(N2C[C@@H](C(=O)OCC(=O)Nc3cc(Cl)ccc3C)CC2=O)cc1. The molecule has 1 heterocycles.